The standard InChI is InChI=1S/C16H17ClO3/c1-2-10-19-15-7-3-4-8-16(15)20-14-9-5-6-13(17)12(14)11-18/h3-9,18H,2,10-11H2,1H3. The molecule has 0 aliphatic heterocycles. The quantitative estimate of drug-likeness (QED) is 0.857. The first kappa shape index (κ1) is 14.7. The third-order valence-corrected chi connectivity index (χ3v) is 3.12. The second-order valence-corrected chi connectivity index (χ2v) is 4.68. The van der Waals surface area contributed by atoms with E-state index in [1.807, 2.05) is 31.2 Å². The average Bonchev–Trinajstić information content (AvgIpc) is 2.47. The summed E-state index contributed by atoms with van der Waals surface area (Å²) in [5.41, 5.74) is 0.569. The van der Waals surface area contributed by atoms with E-state index in [1.165, 1.54) is 0 Å². The number of hydrogen-bond acceptors (Lipinski definition) is 3. The lowest BCUT2D eigenvalue weighted by molar-refractivity contribution is 0.273. The van der Waals surface area contributed by atoms with Crippen LogP contribution in [0.4, 0.5) is 0 Å². The van der Waals surface area contributed by atoms with Crippen LogP contribution in [0.1, 0.15) is 18.9 Å². The van der Waals surface area contributed by atoms with Crippen molar-refractivity contribution in [3.05, 3.63) is 53.1 Å². The highest BCUT2D eigenvalue weighted by atomic mass is 35.5. The van der Waals surface area contributed by atoms with Crippen LogP contribution in [0.5, 0.6) is 17.2 Å². The molecule has 0 saturated carbocycles. The molecule has 2 rings (SSSR count). The van der Waals surface area contributed by atoms with Gasteiger partial charge in [0.05, 0.1) is 13.2 Å². The summed E-state index contributed by atoms with van der Waals surface area (Å²) in [5, 5.41) is 9.88. The van der Waals surface area contributed by atoms with Crippen molar-refractivity contribution in [1.29, 1.82) is 0 Å². The normalized spacial score (nSPS) is 10.3. The first-order valence-electron chi connectivity index (χ1n) is 6.54. The van der Waals surface area contributed by atoms with E-state index in [2.05, 4.69) is 0 Å². The van der Waals surface area contributed by atoms with Gasteiger partial charge in [-0.3, -0.25) is 0 Å². The van der Waals surface area contributed by atoms with Gasteiger partial charge in [0.1, 0.15) is 5.75 Å². The Balaban J connectivity index is 2.28. The predicted molar refractivity (Wildman–Crippen MR) is 79.7 cm³/mol. The summed E-state index contributed by atoms with van der Waals surface area (Å²) in [5.74, 6) is 1.82. The highest BCUT2D eigenvalue weighted by molar-refractivity contribution is 6.31. The summed E-state index contributed by atoms with van der Waals surface area (Å²) in [6.45, 7) is 2.50. The zero-order valence-corrected chi connectivity index (χ0v) is 12.1. The molecule has 0 spiro atoms. The van der Waals surface area contributed by atoms with Gasteiger partial charge in [-0.2, -0.15) is 0 Å². The Labute approximate surface area is 123 Å². The third-order valence-electron chi connectivity index (χ3n) is 2.76. The minimum absolute atomic E-state index is 0.174. The smallest absolute Gasteiger partial charge is 0.169 e. The Morgan fingerprint density at radius 3 is 2.40 bits per heavy atom. The van der Waals surface area contributed by atoms with Gasteiger partial charge in [-0.25, -0.2) is 0 Å². The van der Waals surface area contributed by atoms with Crippen molar-refractivity contribution in [2.24, 2.45) is 0 Å². The van der Waals surface area contributed by atoms with Crippen LogP contribution in [-0.2, 0) is 6.61 Å². The molecule has 0 amide bonds. The van der Waals surface area contributed by atoms with E-state index in [4.69, 9.17) is 21.1 Å². The second kappa shape index (κ2) is 7.17. The highest BCUT2D eigenvalue weighted by Crippen LogP contribution is 2.35. The summed E-state index contributed by atoms with van der Waals surface area (Å²) in [7, 11) is 0. The summed E-state index contributed by atoms with van der Waals surface area (Å²) in [6.07, 6.45) is 0.924. The fourth-order valence-corrected chi connectivity index (χ4v) is 2.00. The lowest BCUT2D eigenvalue weighted by Crippen LogP contribution is -1.98. The lowest BCUT2D eigenvalue weighted by atomic mass is 10.2. The zero-order valence-electron chi connectivity index (χ0n) is 11.3. The maximum Gasteiger partial charge on any atom is 0.169 e. The van der Waals surface area contributed by atoms with E-state index in [1.54, 1.807) is 18.2 Å². The van der Waals surface area contributed by atoms with E-state index in [0.717, 1.165) is 6.42 Å². The second-order valence-electron chi connectivity index (χ2n) is 4.27. The van der Waals surface area contributed by atoms with E-state index in [9.17, 15) is 5.11 Å². The third kappa shape index (κ3) is 3.44. The van der Waals surface area contributed by atoms with E-state index in [0.29, 0.717) is 34.4 Å². The van der Waals surface area contributed by atoms with Crippen molar-refractivity contribution in [2.45, 2.75) is 20.0 Å². The van der Waals surface area contributed by atoms with E-state index in [-0.39, 0.29) is 6.61 Å². The molecule has 0 radical (unpaired) electrons. The van der Waals surface area contributed by atoms with Gasteiger partial charge >= 0.3 is 0 Å². The van der Waals surface area contributed by atoms with Crippen molar-refractivity contribution in [3.63, 3.8) is 0 Å². The monoisotopic (exact) mass is 292 g/mol. The number of aliphatic hydroxyl groups excluding tert-OH is 1. The Bertz CT molecular complexity index is 569. The molecule has 3 nitrogen and oxygen atoms in total. The number of aliphatic hydroxyl groups is 1. The molecule has 2 aromatic carbocycles. The van der Waals surface area contributed by atoms with Crippen LogP contribution >= 0.6 is 11.6 Å². The van der Waals surface area contributed by atoms with E-state index >= 15 is 0 Å². The summed E-state index contributed by atoms with van der Waals surface area (Å²) < 4.78 is 11.5. The van der Waals surface area contributed by atoms with Gasteiger partial charge in [0.15, 0.2) is 11.5 Å². The largest absolute Gasteiger partial charge is 0.490 e. The molecule has 0 atom stereocenters. The highest BCUT2D eigenvalue weighted by Gasteiger charge is 2.11. The Morgan fingerprint density at radius 2 is 1.70 bits per heavy atom. The maximum absolute atomic E-state index is 9.39. The van der Waals surface area contributed by atoms with Crippen LogP contribution in [0, 0.1) is 0 Å². The number of rotatable bonds is 6. The Morgan fingerprint density at radius 1 is 1.00 bits per heavy atom. The van der Waals surface area contributed by atoms with Crippen molar-refractivity contribution >= 4 is 11.6 Å². The molecule has 0 heterocycles. The fraction of sp³-hybridized carbons (Fsp3) is 0.250. The summed E-state index contributed by atoms with van der Waals surface area (Å²) >= 11 is 6.05. The zero-order chi connectivity index (χ0) is 14.4. The van der Waals surface area contributed by atoms with Gasteiger partial charge < -0.3 is 14.6 Å². The SMILES string of the molecule is CCCOc1ccccc1Oc1cccc(Cl)c1CO. The average molecular weight is 293 g/mol. The maximum atomic E-state index is 9.39. The van der Waals surface area contributed by atoms with Gasteiger partial charge in [0.25, 0.3) is 0 Å². The van der Waals surface area contributed by atoms with E-state index < -0.39 is 0 Å². The van der Waals surface area contributed by atoms with Crippen LogP contribution in [0.2, 0.25) is 5.02 Å². The molecule has 0 bridgehead atoms. The van der Waals surface area contributed by atoms with Crippen molar-refractivity contribution in [2.75, 3.05) is 6.61 Å². The van der Waals surface area contributed by atoms with Crippen LogP contribution in [0.3, 0.4) is 0 Å². The molecular formula is C16H17ClO3. The molecular weight excluding hydrogens is 276 g/mol. The molecule has 106 valence electrons. The van der Waals surface area contributed by atoms with Crippen LogP contribution < -0.4 is 9.47 Å². The number of halogens is 1. The van der Waals surface area contributed by atoms with Crippen LogP contribution in [0.15, 0.2) is 42.5 Å². The van der Waals surface area contributed by atoms with Gasteiger partial charge in [-0.05, 0) is 30.7 Å². The van der Waals surface area contributed by atoms with Gasteiger partial charge in [-0.15, -0.1) is 0 Å². The van der Waals surface area contributed by atoms with Gasteiger partial charge in [0, 0.05) is 10.6 Å². The molecule has 0 aromatic heterocycles. The summed E-state index contributed by atoms with van der Waals surface area (Å²) in [4.78, 5) is 0. The molecule has 0 unspecified atom stereocenters. The number of benzene rings is 2. The van der Waals surface area contributed by atoms with Crippen LogP contribution in [-0.4, -0.2) is 11.7 Å². The van der Waals surface area contributed by atoms with Crippen LogP contribution in [0.25, 0.3) is 0 Å². The molecule has 1 N–H and O–H groups in total. The minimum Gasteiger partial charge on any atom is -0.490 e. The van der Waals surface area contributed by atoms with Crippen molar-refractivity contribution < 1.29 is 14.6 Å². The first-order valence-corrected chi connectivity index (χ1v) is 6.92. The number of ether oxygens (including phenoxy) is 2. The topological polar surface area (TPSA) is 38.7 Å². The predicted octanol–water partition coefficient (Wildman–Crippen LogP) is 4.41. The lowest BCUT2D eigenvalue weighted by Gasteiger charge is -2.14. The fourth-order valence-electron chi connectivity index (χ4n) is 1.77. The Kier molecular flexibility index (Phi) is 5.27. The van der Waals surface area contributed by atoms with Gasteiger partial charge in [0.2, 0.25) is 0 Å². The summed E-state index contributed by atoms with van der Waals surface area (Å²) in [6, 6.07) is 12.7. The molecule has 0 aliphatic rings. The molecule has 0 aliphatic carbocycles. The van der Waals surface area contributed by atoms with Crippen molar-refractivity contribution in [3.8, 4) is 17.2 Å². The number of hydrogen-bond donors (Lipinski definition) is 1. The van der Waals surface area contributed by atoms with Crippen molar-refractivity contribution in [1.82, 2.24) is 0 Å². The molecule has 20 heavy (non-hydrogen) atoms. The number of para-hydroxylation sites is 2. The Hall–Kier alpha value is -1.71. The minimum atomic E-state index is -0.174. The molecule has 0 fully saturated rings. The molecule has 2 aromatic rings. The first-order chi connectivity index (χ1) is 9.76. The molecule has 4 heteroatoms. The molecule has 0 saturated heterocycles. The van der Waals surface area contributed by atoms with Gasteiger partial charge in [-0.1, -0.05) is 36.7 Å².